The number of nitro benzene ring substituents is 1. The van der Waals surface area contributed by atoms with Crippen molar-refractivity contribution < 1.29 is 24.0 Å². The van der Waals surface area contributed by atoms with Crippen LogP contribution < -0.4 is 0 Å². The van der Waals surface area contributed by atoms with Crippen LogP contribution in [0.4, 0.5) is 5.69 Å². The van der Waals surface area contributed by atoms with Crippen molar-refractivity contribution in [3.8, 4) is 11.3 Å². The number of nitrogens with zero attached hydrogens (tertiary/aromatic N) is 2. The van der Waals surface area contributed by atoms with E-state index in [0.29, 0.717) is 32.9 Å². The minimum atomic E-state index is -0.733. The molecular weight excluding hydrogens is 488 g/mol. The molecule has 0 aliphatic carbocycles. The van der Waals surface area contributed by atoms with Crippen molar-refractivity contribution in [2.45, 2.75) is 57.8 Å². The fourth-order valence-electron chi connectivity index (χ4n) is 3.85. The molecule has 186 valence electrons. The predicted octanol–water partition coefficient (Wildman–Crippen LogP) is 6.65. The standard InChI is InChI=1S/C25H28N2O6S2/c28-23(29)13-7-5-3-1-2-4-6-10-16-26-24(30)22(35-25(26)34)17-18-14-15-21(33-18)19-11-8-9-12-20(19)27(31)32/h8-9,11-12,14-15,17H,1-7,10,13,16H2,(H,28,29). The molecule has 0 atom stereocenters. The molecule has 3 rings (SSSR count). The van der Waals surface area contributed by atoms with Crippen LogP contribution in [0, 0.1) is 10.1 Å². The summed E-state index contributed by atoms with van der Waals surface area (Å²) in [6, 6.07) is 9.69. The molecule has 35 heavy (non-hydrogen) atoms. The van der Waals surface area contributed by atoms with Gasteiger partial charge < -0.3 is 9.52 Å². The molecule has 0 unspecified atom stereocenters. The van der Waals surface area contributed by atoms with E-state index in [9.17, 15) is 19.7 Å². The summed E-state index contributed by atoms with van der Waals surface area (Å²) < 4.78 is 6.29. The first kappa shape index (κ1) is 26.6. The number of furan rings is 1. The van der Waals surface area contributed by atoms with Gasteiger partial charge in [0.1, 0.15) is 15.8 Å². The lowest BCUT2D eigenvalue weighted by molar-refractivity contribution is -0.384. The van der Waals surface area contributed by atoms with Crippen LogP contribution in [0.25, 0.3) is 17.4 Å². The van der Waals surface area contributed by atoms with Crippen LogP contribution in [-0.2, 0) is 9.59 Å². The number of benzene rings is 1. The van der Waals surface area contributed by atoms with Crippen molar-refractivity contribution in [3.63, 3.8) is 0 Å². The van der Waals surface area contributed by atoms with E-state index in [1.807, 2.05) is 0 Å². The number of carboxylic acid groups (broad SMARTS) is 1. The molecule has 10 heteroatoms. The first-order chi connectivity index (χ1) is 16.9. The lowest BCUT2D eigenvalue weighted by atomic mass is 10.1. The third-order valence-electron chi connectivity index (χ3n) is 5.66. The number of rotatable bonds is 14. The molecule has 0 saturated carbocycles. The summed E-state index contributed by atoms with van der Waals surface area (Å²) in [5.74, 6) is -0.0899. The van der Waals surface area contributed by atoms with Gasteiger partial charge in [0.25, 0.3) is 11.6 Å². The van der Waals surface area contributed by atoms with Gasteiger partial charge in [-0.15, -0.1) is 0 Å². The van der Waals surface area contributed by atoms with Crippen molar-refractivity contribution in [1.29, 1.82) is 0 Å². The van der Waals surface area contributed by atoms with Crippen LogP contribution in [0.2, 0.25) is 0 Å². The van der Waals surface area contributed by atoms with E-state index in [0.717, 1.165) is 51.4 Å². The molecule has 0 bridgehead atoms. The van der Waals surface area contributed by atoms with E-state index >= 15 is 0 Å². The summed E-state index contributed by atoms with van der Waals surface area (Å²) in [5, 5.41) is 19.9. The van der Waals surface area contributed by atoms with Crippen LogP contribution in [0.1, 0.15) is 63.5 Å². The molecule has 8 nitrogen and oxygen atoms in total. The number of thiocarbonyl (C=S) groups is 1. The second kappa shape index (κ2) is 13.2. The molecule has 1 amide bonds. The second-order valence-corrected chi connectivity index (χ2v) is 9.96. The summed E-state index contributed by atoms with van der Waals surface area (Å²) in [5.41, 5.74) is 0.336. The fraction of sp³-hybridized carbons (Fsp3) is 0.400. The van der Waals surface area contributed by atoms with Crippen LogP contribution in [0.15, 0.2) is 45.7 Å². The number of thioether (sulfide) groups is 1. The third-order valence-corrected chi connectivity index (χ3v) is 7.04. The number of nitro groups is 1. The van der Waals surface area contributed by atoms with E-state index in [1.165, 1.54) is 17.8 Å². The van der Waals surface area contributed by atoms with Gasteiger partial charge in [0.2, 0.25) is 0 Å². The van der Waals surface area contributed by atoms with Gasteiger partial charge in [-0.05, 0) is 31.0 Å². The topological polar surface area (TPSA) is 114 Å². The Balaban J connectivity index is 1.46. The van der Waals surface area contributed by atoms with Gasteiger partial charge in [-0.2, -0.15) is 0 Å². The van der Waals surface area contributed by atoms with E-state index in [1.54, 1.807) is 41.3 Å². The molecule has 2 heterocycles. The highest BCUT2D eigenvalue weighted by Crippen LogP contribution is 2.35. The summed E-state index contributed by atoms with van der Waals surface area (Å²) in [6.45, 7) is 0.570. The van der Waals surface area contributed by atoms with Gasteiger partial charge in [0.15, 0.2) is 0 Å². The van der Waals surface area contributed by atoms with E-state index in [2.05, 4.69) is 0 Å². The van der Waals surface area contributed by atoms with Crippen LogP contribution in [0.5, 0.6) is 0 Å². The number of carbonyl (C=O) groups is 2. The van der Waals surface area contributed by atoms with Crippen LogP contribution >= 0.6 is 24.0 Å². The van der Waals surface area contributed by atoms with Gasteiger partial charge >= 0.3 is 5.97 Å². The van der Waals surface area contributed by atoms with Crippen LogP contribution in [0.3, 0.4) is 0 Å². The molecule has 1 aliphatic heterocycles. The Morgan fingerprint density at radius 1 is 1.06 bits per heavy atom. The zero-order chi connectivity index (χ0) is 25.2. The molecular formula is C25H28N2O6S2. The first-order valence-corrected chi connectivity index (χ1v) is 12.9. The minimum Gasteiger partial charge on any atom is -0.481 e. The zero-order valence-corrected chi connectivity index (χ0v) is 20.9. The number of para-hydroxylation sites is 1. The summed E-state index contributed by atoms with van der Waals surface area (Å²) in [6.07, 6.45) is 9.76. The van der Waals surface area contributed by atoms with Gasteiger partial charge in [-0.1, -0.05) is 74.6 Å². The third kappa shape index (κ3) is 7.76. The number of carboxylic acids is 1. The maximum Gasteiger partial charge on any atom is 0.303 e. The summed E-state index contributed by atoms with van der Waals surface area (Å²) in [4.78, 5) is 36.2. The van der Waals surface area contributed by atoms with Crippen molar-refractivity contribution in [3.05, 3.63) is 57.2 Å². The predicted molar refractivity (Wildman–Crippen MR) is 140 cm³/mol. The zero-order valence-electron chi connectivity index (χ0n) is 19.3. The lowest BCUT2D eigenvalue weighted by Gasteiger charge is -2.14. The van der Waals surface area contributed by atoms with E-state index in [4.69, 9.17) is 21.7 Å². The Bertz CT molecular complexity index is 1110. The molecule has 0 radical (unpaired) electrons. The number of carbonyl (C=O) groups excluding carboxylic acids is 1. The molecule has 1 aliphatic rings. The van der Waals surface area contributed by atoms with Crippen molar-refractivity contribution in [1.82, 2.24) is 4.90 Å². The Morgan fingerprint density at radius 2 is 1.71 bits per heavy atom. The maximum atomic E-state index is 12.8. The van der Waals surface area contributed by atoms with E-state index in [-0.39, 0.29) is 18.0 Å². The maximum absolute atomic E-state index is 12.8. The molecule has 1 aromatic heterocycles. The Labute approximate surface area is 213 Å². The summed E-state index contributed by atoms with van der Waals surface area (Å²) in [7, 11) is 0. The van der Waals surface area contributed by atoms with Crippen molar-refractivity contribution in [2.24, 2.45) is 0 Å². The highest BCUT2D eigenvalue weighted by Gasteiger charge is 2.31. The molecule has 1 fully saturated rings. The van der Waals surface area contributed by atoms with Crippen molar-refractivity contribution in [2.75, 3.05) is 6.54 Å². The van der Waals surface area contributed by atoms with Crippen molar-refractivity contribution >= 4 is 51.9 Å². The quantitative estimate of drug-likeness (QED) is 0.0976. The van der Waals surface area contributed by atoms with Gasteiger partial charge in [-0.25, -0.2) is 0 Å². The Morgan fingerprint density at radius 3 is 2.40 bits per heavy atom. The van der Waals surface area contributed by atoms with Gasteiger partial charge in [-0.3, -0.25) is 24.6 Å². The molecule has 1 saturated heterocycles. The largest absolute Gasteiger partial charge is 0.481 e. The summed E-state index contributed by atoms with van der Waals surface area (Å²) >= 11 is 6.63. The lowest BCUT2D eigenvalue weighted by Crippen LogP contribution is -2.29. The van der Waals surface area contributed by atoms with Gasteiger partial charge in [0, 0.05) is 25.1 Å². The number of hydrogen-bond donors (Lipinski definition) is 1. The monoisotopic (exact) mass is 516 g/mol. The first-order valence-electron chi connectivity index (χ1n) is 11.7. The Kier molecular flexibility index (Phi) is 10.0. The highest BCUT2D eigenvalue weighted by molar-refractivity contribution is 8.26. The minimum absolute atomic E-state index is 0.0436. The number of aliphatic carboxylic acids is 1. The SMILES string of the molecule is O=C(O)CCCCCCCCCCN1C(=O)C(=Cc2ccc(-c3ccccc3[N+](=O)[O-])o2)SC1=S. The number of unbranched alkanes of at least 4 members (excludes halogenated alkanes) is 7. The second-order valence-electron chi connectivity index (χ2n) is 8.28. The normalized spacial score (nSPS) is 14.7. The molecule has 0 spiro atoms. The number of amides is 1. The Hall–Kier alpha value is -2.98. The smallest absolute Gasteiger partial charge is 0.303 e. The van der Waals surface area contributed by atoms with E-state index < -0.39 is 10.9 Å². The molecule has 2 aromatic rings. The molecule has 1 N–H and O–H groups in total. The fourth-order valence-corrected chi connectivity index (χ4v) is 5.13. The average molecular weight is 517 g/mol. The van der Waals surface area contributed by atoms with Crippen LogP contribution in [-0.4, -0.2) is 37.7 Å². The number of hydrogen-bond acceptors (Lipinski definition) is 7. The van der Waals surface area contributed by atoms with Gasteiger partial charge in [0.05, 0.1) is 15.4 Å². The highest BCUT2D eigenvalue weighted by atomic mass is 32.2. The average Bonchev–Trinajstić information content (AvgIpc) is 3.39. The molecule has 1 aromatic carbocycles.